The van der Waals surface area contributed by atoms with Gasteiger partial charge in [0.15, 0.2) is 6.10 Å². The zero-order valence-electron chi connectivity index (χ0n) is 14.5. The number of hydrogen-bond donors (Lipinski definition) is 2. The Morgan fingerprint density at radius 3 is 2.77 bits per heavy atom. The summed E-state index contributed by atoms with van der Waals surface area (Å²) in [5.41, 5.74) is 1.37. The molecule has 1 aliphatic rings. The van der Waals surface area contributed by atoms with Gasteiger partial charge < -0.3 is 15.4 Å². The van der Waals surface area contributed by atoms with Crippen molar-refractivity contribution in [3.05, 3.63) is 28.8 Å². The van der Waals surface area contributed by atoms with E-state index in [9.17, 15) is 19.2 Å². The van der Waals surface area contributed by atoms with Crippen LogP contribution in [0.1, 0.15) is 25.3 Å². The van der Waals surface area contributed by atoms with E-state index in [0.717, 1.165) is 10.5 Å². The van der Waals surface area contributed by atoms with E-state index in [-0.39, 0.29) is 31.8 Å². The molecule has 0 saturated carbocycles. The monoisotopic (exact) mass is 381 g/mol. The Morgan fingerprint density at radius 2 is 2.12 bits per heavy atom. The van der Waals surface area contributed by atoms with Gasteiger partial charge in [0.2, 0.25) is 5.91 Å². The summed E-state index contributed by atoms with van der Waals surface area (Å²) in [6.07, 6.45) is -0.734. The van der Waals surface area contributed by atoms with Crippen LogP contribution in [0.5, 0.6) is 0 Å². The number of amides is 4. The molecule has 26 heavy (non-hydrogen) atoms. The van der Waals surface area contributed by atoms with Gasteiger partial charge >= 0.3 is 12.0 Å². The van der Waals surface area contributed by atoms with Crippen molar-refractivity contribution in [2.75, 3.05) is 18.4 Å². The van der Waals surface area contributed by atoms with Crippen molar-refractivity contribution in [1.82, 2.24) is 10.2 Å². The van der Waals surface area contributed by atoms with E-state index < -0.39 is 24.0 Å². The molecule has 0 bridgehead atoms. The molecule has 1 saturated heterocycles. The second-order valence-corrected chi connectivity index (χ2v) is 6.32. The van der Waals surface area contributed by atoms with Crippen LogP contribution in [-0.2, 0) is 19.1 Å². The Bertz CT molecular complexity index is 721. The number of esters is 1. The summed E-state index contributed by atoms with van der Waals surface area (Å²) in [6, 6.07) is 4.63. The number of anilines is 1. The highest BCUT2D eigenvalue weighted by Gasteiger charge is 2.28. The third kappa shape index (κ3) is 5.19. The van der Waals surface area contributed by atoms with Crippen LogP contribution >= 0.6 is 11.6 Å². The van der Waals surface area contributed by atoms with Crippen molar-refractivity contribution < 1.29 is 23.9 Å². The van der Waals surface area contributed by atoms with E-state index in [1.54, 1.807) is 18.2 Å². The van der Waals surface area contributed by atoms with Crippen LogP contribution in [0.25, 0.3) is 0 Å². The molecule has 0 aromatic heterocycles. The van der Waals surface area contributed by atoms with Gasteiger partial charge in [0.1, 0.15) is 0 Å². The maximum absolute atomic E-state index is 12.1. The molecule has 1 heterocycles. The molecule has 140 valence electrons. The molecule has 2 N–H and O–H groups in total. The average molecular weight is 382 g/mol. The number of rotatable bonds is 7. The molecule has 1 aromatic carbocycles. The van der Waals surface area contributed by atoms with Crippen molar-refractivity contribution in [2.24, 2.45) is 0 Å². The van der Waals surface area contributed by atoms with Gasteiger partial charge in [-0.3, -0.25) is 19.3 Å². The molecular weight excluding hydrogens is 362 g/mol. The van der Waals surface area contributed by atoms with Gasteiger partial charge in [0, 0.05) is 23.7 Å². The van der Waals surface area contributed by atoms with Gasteiger partial charge in [-0.05, 0) is 38.0 Å². The molecule has 0 unspecified atom stereocenters. The highest BCUT2D eigenvalue weighted by Crippen LogP contribution is 2.20. The second kappa shape index (κ2) is 8.66. The van der Waals surface area contributed by atoms with Gasteiger partial charge in [-0.15, -0.1) is 0 Å². The van der Waals surface area contributed by atoms with Crippen LogP contribution in [-0.4, -0.2) is 47.9 Å². The SMILES string of the molecule is Cc1ccc(Cl)cc1NC(=O)[C@H](C)OC(=O)CCCN1C(=O)CNC1=O. The van der Waals surface area contributed by atoms with Crippen molar-refractivity contribution in [1.29, 1.82) is 0 Å². The fourth-order valence-corrected chi connectivity index (χ4v) is 2.51. The van der Waals surface area contributed by atoms with Crippen LogP contribution in [0, 0.1) is 6.92 Å². The Kier molecular flexibility index (Phi) is 6.57. The lowest BCUT2D eigenvalue weighted by molar-refractivity contribution is -0.153. The molecule has 0 spiro atoms. The minimum atomic E-state index is -0.988. The van der Waals surface area contributed by atoms with E-state index in [0.29, 0.717) is 10.7 Å². The molecular formula is C17H20ClN3O5. The van der Waals surface area contributed by atoms with Crippen molar-refractivity contribution in [3.8, 4) is 0 Å². The summed E-state index contributed by atoms with van der Waals surface area (Å²) in [4.78, 5) is 47.8. The number of aryl methyl sites for hydroxylation is 1. The first-order valence-electron chi connectivity index (χ1n) is 8.12. The quantitative estimate of drug-likeness (QED) is 0.554. The maximum atomic E-state index is 12.1. The normalized spacial score (nSPS) is 14.8. The van der Waals surface area contributed by atoms with Gasteiger partial charge in [-0.2, -0.15) is 0 Å². The van der Waals surface area contributed by atoms with E-state index in [2.05, 4.69) is 10.6 Å². The van der Waals surface area contributed by atoms with Gasteiger partial charge in [0.05, 0.1) is 6.54 Å². The van der Waals surface area contributed by atoms with E-state index in [1.165, 1.54) is 6.92 Å². The maximum Gasteiger partial charge on any atom is 0.324 e. The van der Waals surface area contributed by atoms with E-state index in [4.69, 9.17) is 16.3 Å². The Hall–Kier alpha value is -2.61. The van der Waals surface area contributed by atoms with Crippen molar-refractivity contribution in [3.63, 3.8) is 0 Å². The molecule has 9 heteroatoms. The van der Waals surface area contributed by atoms with Gasteiger partial charge in [-0.1, -0.05) is 17.7 Å². The van der Waals surface area contributed by atoms with E-state index in [1.807, 2.05) is 6.92 Å². The fourth-order valence-electron chi connectivity index (χ4n) is 2.34. The molecule has 4 amide bonds. The van der Waals surface area contributed by atoms with Crippen molar-refractivity contribution in [2.45, 2.75) is 32.8 Å². The fraction of sp³-hybridized carbons (Fsp3) is 0.412. The second-order valence-electron chi connectivity index (χ2n) is 5.89. The van der Waals surface area contributed by atoms with Crippen LogP contribution in [0.2, 0.25) is 5.02 Å². The van der Waals surface area contributed by atoms with Crippen molar-refractivity contribution >= 4 is 41.1 Å². The number of urea groups is 1. The van der Waals surface area contributed by atoms with Gasteiger partial charge in [0.25, 0.3) is 5.91 Å². The minimum Gasteiger partial charge on any atom is -0.453 e. The number of imide groups is 1. The Balaban J connectivity index is 1.77. The molecule has 0 aliphatic carbocycles. The molecule has 1 aliphatic heterocycles. The standard InChI is InChI=1S/C17H20ClN3O5/c1-10-5-6-12(18)8-13(10)20-16(24)11(2)26-15(23)4-3-7-21-14(22)9-19-17(21)25/h5-6,8,11H,3-4,7,9H2,1-2H3,(H,19,25)(H,20,24)/t11-/m0/s1. The average Bonchev–Trinajstić information content (AvgIpc) is 2.90. The Morgan fingerprint density at radius 1 is 1.38 bits per heavy atom. The van der Waals surface area contributed by atoms with E-state index >= 15 is 0 Å². The van der Waals surface area contributed by atoms with Crippen LogP contribution in [0.3, 0.4) is 0 Å². The number of halogens is 1. The molecule has 1 atom stereocenters. The number of benzene rings is 1. The number of hydrogen-bond acceptors (Lipinski definition) is 5. The highest BCUT2D eigenvalue weighted by atomic mass is 35.5. The molecule has 0 radical (unpaired) electrons. The summed E-state index contributed by atoms with van der Waals surface area (Å²) in [5, 5.41) is 5.54. The third-order valence-corrected chi connectivity index (χ3v) is 4.07. The summed E-state index contributed by atoms with van der Waals surface area (Å²) in [7, 11) is 0. The van der Waals surface area contributed by atoms with Crippen LogP contribution in [0.4, 0.5) is 10.5 Å². The zero-order valence-corrected chi connectivity index (χ0v) is 15.3. The largest absolute Gasteiger partial charge is 0.453 e. The third-order valence-electron chi connectivity index (χ3n) is 3.83. The number of nitrogens with zero attached hydrogens (tertiary/aromatic N) is 1. The zero-order chi connectivity index (χ0) is 19.3. The molecule has 1 fully saturated rings. The predicted molar refractivity (Wildman–Crippen MR) is 94.7 cm³/mol. The lowest BCUT2D eigenvalue weighted by atomic mass is 10.2. The predicted octanol–water partition coefficient (Wildman–Crippen LogP) is 1.85. The lowest BCUT2D eigenvalue weighted by Crippen LogP contribution is -2.33. The van der Waals surface area contributed by atoms with Crippen LogP contribution in [0.15, 0.2) is 18.2 Å². The Labute approximate surface area is 155 Å². The number of carbonyl (C=O) groups excluding carboxylic acids is 4. The number of ether oxygens (including phenoxy) is 1. The molecule has 8 nitrogen and oxygen atoms in total. The molecule has 1 aromatic rings. The summed E-state index contributed by atoms with van der Waals surface area (Å²) >= 11 is 5.90. The number of nitrogens with one attached hydrogen (secondary N) is 2. The van der Waals surface area contributed by atoms with Crippen LogP contribution < -0.4 is 10.6 Å². The first-order valence-corrected chi connectivity index (χ1v) is 8.50. The molecule has 2 rings (SSSR count). The summed E-state index contributed by atoms with van der Waals surface area (Å²) in [6.45, 7) is 3.38. The lowest BCUT2D eigenvalue weighted by Gasteiger charge is -2.15. The first kappa shape index (κ1) is 19.7. The smallest absolute Gasteiger partial charge is 0.324 e. The minimum absolute atomic E-state index is 0.00905. The van der Waals surface area contributed by atoms with Gasteiger partial charge in [-0.25, -0.2) is 4.79 Å². The first-order chi connectivity index (χ1) is 12.3. The summed E-state index contributed by atoms with van der Waals surface area (Å²) in [5.74, 6) is -1.38. The number of carbonyl (C=O) groups is 4. The highest BCUT2D eigenvalue weighted by molar-refractivity contribution is 6.31. The topological polar surface area (TPSA) is 105 Å². The summed E-state index contributed by atoms with van der Waals surface area (Å²) < 4.78 is 5.08.